The number of pyridine rings is 1. The van der Waals surface area contributed by atoms with Crippen LogP contribution < -0.4 is 4.74 Å². The van der Waals surface area contributed by atoms with E-state index in [-0.39, 0.29) is 12.0 Å². The number of piperidine rings is 1. The van der Waals surface area contributed by atoms with Crippen LogP contribution >= 0.6 is 11.6 Å². The molecule has 0 radical (unpaired) electrons. The van der Waals surface area contributed by atoms with Crippen molar-refractivity contribution in [2.24, 2.45) is 5.92 Å². The lowest BCUT2D eigenvalue weighted by Crippen LogP contribution is -2.46. The smallest absolute Gasteiger partial charge is 0.257 e. The van der Waals surface area contributed by atoms with E-state index in [1.54, 1.807) is 7.11 Å². The maximum absolute atomic E-state index is 13.3. The molecule has 1 amide bonds. The Morgan fingerprint density at radius 1 is 1.12 bits per heavy atom. The van der Waals surface area contributed by atoms with Gasteiger partial charge in [0, 0.05) is 45.4 Å². The maximum atomic E-state index is 13.3. The van der Waals surface area contributed by atoms with Crippen LogP contribution in [0.2, 0.25) is 5.15 Å². The van der Waals surface area contributed by atoms with Crippen LogP contribution in [0.25, 0.3) is 0 Å². The van der Waals surface area contributed by atoms with Gasteiger partial charge in [0.15, 0.2) is 0 Å². The summed E-state index contributed by atoms with van der Waals surface area (Å²) in [5, 5.41) is 0.508. The number of methoxy groups -OCH3 is 1. The molecule has 32 heavy (non-hydrogen) atoms. The fourth-order valence-corrected chi connectivity index (χ4v) is 4.89. The van der Waals surface area contributed by atoms with E-state index in [0.717, 1.165) is 64.0 Å². The van der Waals surface area contributed by atoms with Crippen molar-refractivity contribution in [3.63, 3.8) is 0 Å². The van der Waals surface area contributed by atoms with Crippen LogP contribution in [-0.2, 0) is 11.3 Å². The average Bonchev–Trinajstić information content (AvgIpc) is 2.82. The first kappa shape index (κ1) is 23.0. The zero-order chi connectivity index (χ0) is 22.3. The Labute approximate surface area is 195 Å². The number of fused-ring (bicyclic) bond motifs is 3. The van der Waals surface area contributed by atoms with E-state index in [1.165, 1.54) is 0 Å². The first-order chi connectivity index (χ1) is 15.6. The summed E-state index contributed by atoms with van der Waals surface area (Å²) in [7, 11) is 1.79. The fraction of sp³-hybridized carbons (Fsp3) is 0.520. The highest BCUT2D eigenvalue weighted by atomic mass is 35.5. The summed E-state index contributed by atoms with van der Waals surface area (Å²) in [4.78, 5) is 21.9. The molecule has 2 atom stereocenters. The average molecular weight is 458 g/mol. The second-order valence-electron chi connectivity index (χ2n) is 8.68. The molecule has 2 aliphatic rings. The van der Waals surface area contributed by atoms with Crippen LogP contribution in [-0.4, -0.2) is 66.7 Å². The van der Waals surface area contributed by atoms with Crippen molar-refractivity contribution in [1.29, 1.82) is 0 Å². The molecule has 0 aliphatic carbocycles. The number of rotatable bonds is 3. The van der Waals surface area contributed by atoms with Crippen LogP contribution in [0.3, 0.4) is 0 Å². The fourth-order valence-electron chi connectivity index (χ4n) is 4.78. The number of para-hydroxylation sites is 1. The number of benzene rings is 1. The van der Waals surface area contributed by atoms with E-state index < -0.39 is 0 Å². The Bertz CT molecular complexity index is 892. The Kier molecular flexibility index (Phi) is 8.00. The van der Waals surface area contributed by atoms with E-state index in [1.807, 2.05) is 47.5 Å². The predicted octanol–water partition coefficient (Wildman–Crippen LogP) is 4.28. The third-order valence-corrected chi connectivity index (χ3v) is 6.75. The monoisotopic (exact) mass is 457 g/mol. The van der Waals surface area contributed by atoms with Gasteiger partial charge in [0.25, 0.3) is 5.91 Å². The number of hydrogen-bond acceptors (Lipinski definition) is 5. The molecule has 1 fully saturated rings. The number of halogens is 1. The molecule has 7 heteroatoms. The largest absolute Gasteiger partial charge is 0.491 e. The summed E-state index contributed by atoms with van der Waals surface area (Å²) in [6.07, 6.45) is 6.21. The molecule has 1 aromatic heterocycles. The van der Waals surface area contributed by atoms with E-state index in [9.17, 15) is 4.79 Å². The molecular weight excluding hydrogens is 426 g/mol. The lowest BCUT2D eigenvalue weighted by atomic mass is 9.89. The zero-order valence-electron chi connectivity index (χ0n) is 18.7. The van der Waals surface area contributed by atoms with Gasteiger partial charge >= 0.3 is 0 Å². The van der Waals surface area contributed by atoms with Crippen LogP contribution in [0.4, 0.5) is 0 Å². The predicted molar refractivity (Wildman–Crippen MR) is 125 cm³/mol. The topological polar surface area (TPSA) is 54.9 Å². The molecule has 6 nitrogen and oxygen atoms in total. The quantitative estimate of drug-likeness (QED) is 0.644. The lowest BCUT2D eigenvalue weighted by Gasteiger charge is -2.38. The first-order valence-electron chi connectivity index (χ1n) is 11.5. The number of hydrogen-bond donors (Lipinski definition) is 0. The second kappa shape index (κ2) is 11.1. The van der Waals surface area contributed by atoms with E-state index >= 15 is 0 Å². The Balaban J connectivity index is 1.52. The van der Waals surface area contributed by atoms with Gasteiger partial charge in [-0.1, -0.05) is 36.2 Å². The lowest BCUT2D eigenvalue weighted by molar-refractivity contribution is -0.00702. The molecule has 2 aliphatic heterocycles. The molecule has 0 saturated carbocycles. The molecule has 4 rings (SSSR count). The molecule has 2 bridgehead atoms. The molecule has 0 N–H and O–H groups in total. The second-order valence-corrected chi connectivity index (χ2v) is 9.07. The molecular formula is C25H32ClN3O3. The first-order valence-corrected chi connectivity index (χ1v) is 11.9. The molecule has 1 aromatic carbocycles. The van der Waals surface area contributed by atoms with Gasteiger partial charge in [-0.3, -0.25) is 9.69 Å². The normalized spacial score (nSPS) is 23.2. The number of carbonyl (C=O) groups is 1. The highest BCUT2D eigenvalue weighted by Gasteiger charge is 2.32. The van der Waals surface area contributed by atoms with Gasteiger partial charge in [-0.15, -0.1) is 0 Å². The summed E-state index contributed by atoms with van der Waals surface area (Å²) in [6, 6.07) is 11.5. The Hall–Kier alpha value is -2.15. The molecule has 1 saturated heterocycles. The van der Waals surface area contributed by atoms with Crippen molar-refractivity contribution >= 4 is 17.5 Å². The van der Waals surface area contributed by atoms with Gasteiger partial charge < -0.3 is 14.4 Å². The van der Waals surface area contributed by atoms with Crippen molar-refractivity contribution in [1.82, 2.24) is 14.8 Å². The van der Waals surface area contributed by atoms with Crippen LogP contribution in [0.1, 0.15) is 41.6 Å². The van der Waals surface area contributed by atoms with E-state index in [4.69, 9.17) is 21.1 Å². The van der Waals surface area contributed by atoms with Crippen molar-refractivity contribution in [2.75, 3.05) is 39.9 Å². The van der Waals surface area contributed by atoms with Gasteiger partial charge in [-0.05, 0) is 49.6 Å². The number of carbonyl (C=O) groups excluding carboxylic acids is 1. The van der Waals surface area contributed by atoms with Crippen LogP contribution in [0, 0.1) is 5.92 Å². The Morgan fingerprint density at radius 2 is 2.00 bits per heavy atom. The van der Waals surface area contributed by atoms with Crippen LogP contribution in [0.15, 0.2) is 42.6 Å². The number of nitrogens with zero attached hydrogens (tertiary/aromatic N) is 3. The number of amides is 1. The highest BCUT2D eigenvalue weighted by Crippen LogP contribution is 2.28. The number of aromatic nitrogens is 1. The Morgan fingerprint density at radius 3 is 2.81 bits per heavy atom. The minimum absolute atomic E-state index is 0.0568. The van der Waals surface area contributed by atoms with E-state index in [0.29, 0.717) is 29.0 Å². The number of ether oxygens (including phenoxy) is 2. The van der Waals surface area contributed by atoms with Crippen LogP contribution in [0.5, 0.6) is 5.75 Å². The summed E-state index contributed by atoms with van der Waals surface area (Å²) in [6.45, 7) is 4.56. The van der Waals surface area contributed by atoms with Gasteiger partial charge in [-0.25, -0.2) is 4.98 Å². The molecule has 0 spiro atoms. The van der Waals surface area contributed by atoms with Gasteiger partial charge in [0.2, 0.25) is 0 Å². The maximum Gasteiger partial charge on any atom is 0.257 e. The van der Waals surface area contributed by atoms with Crippen molar-refractivity contribution in [3.05, 3.63) is 58.9 Å². The van der Waals surface area contributed by atoms with Crippen molar-refractivity contribution in [3.8, 4) is 5.75 Å². The zero-order valence-corrected chi connectivity index (χ0v) is 19.5. The van der Waals surface area contributed by atoms with Crippen molar-refractivity contribution < 1.29 is 14.3 Å². The molecule has 172 valence electrons. The summed E-state index contributed by atoms with van der Waals surface area (Å²) < 4.78 is 11.9. The molecule has 0 unspecified atom stereocenters. The van der Waals surface area contributed by atoms with Gasteiger partial charge in [0.1, 0.15) is 17.5 Å². The summed E-state index contributed by atoms with van der Waals surface area (Å²) >= 11 is 5.94. The summed E-state index contributed by atoms with van der Waals surface area (Å²) in [5.41, 5.74) is 1.78. The van der Waals surface area contributed by atoms with Gasteiger partial charge in [0.05, 0.1) is 11.7 Å². The van der Waals surface area contributed by atoms with Gasteiger partial charge in [-0.2, -0.15) is 0 Å². The third kappa shape index (κ3) is 5.80. The highest BCUT2D eigenvalue weighted by molar-refractivity contribution is 6.29. The van der Waals surface area contributed by atoms with E-state index in [2.05, 4.69) is 9.88 Å². The molecule has 3 heterocycles. The third-order valence-electron chi connectivity index (χ3n) is 6.53. The standard InChI is InChI=1S/C25H32ClN3O3/c1-31-22-11-13-29-18-20(22)6-4-5-12-28(17-19-9-10-24(26)27-16-19)14-15-32-23-8-3-2-7-21(23)25(29)30/h2-3,7-10,16,20,22H,4-6,11-15,17-18H2,1H3/t20-,22+/m1/s1. The minimum Gasteiger partial charge on any atom is -0.491 e. The SMILES string of the molecule is CO[C@H]1CCN2C[C@H]1CCCCN(Cc1ccc(Cl)nc1)CCOc1ccccc1C2=O. The van der Waals surface area contributed by atoms with Crippen molar-refractivity contribution in [2.45, 2.75) is 38.3 Å². The minimum atomic E-state index is 0.0568. The summed E-state index contributed by atoms with van der Waals surface area (Å²) in [5.74, 6) is 1.08. The molecule has 2 aromatic rings.